The average molecular weight is 452 g/mol. The van der Waals surface area contributed by atoms with Crippen molar-refractivity contribution in [1.82, 2.24) is 0 Å². The Morgan fingerprint density at radius 2 is 1.38 bits per heavy atom. The van der Waals surface area contributed by atoms with E-state index in [-0.39, 0.29) is 16.4 Å². The maximum Gasteiger partial charge on any atom is 0.262 e. The van der Waals surface area contributed by atoms with Gasteiger partial charge in [0, 0.05) is 29.5 Å². The molecule has 3 aromatic rings. The van der Waals surface area contributed by atoms with E-state index in [1.54, 1.807) is 55.5 Å². The van der Waals surface area contributed by atoms with E-state index >= 15 is 0 Å². The van der Waals surface area contributed by atoms with Crippen LogP contribution in [-0.4, -0.2) is 20.2 Å². The lowest BCUT2D eigenvalue weighted by molar-refractivity contribution is -0.114. The third kappa shape index (κ3) is 5.53. The molecule has 32 heavy (non-hydrogen) atoms. The molecule has 0 saturated carbocycles. The first-order valence-electron chi connectivity index (χ1n) is 9.95. The van der Waals surface area contributed by atoms with Crippen LogP contribution >= 0.6 is 0 Å². The van der Waals surface area contributed by atoms with E-state index in [0.29, 0.717) is 22.6 Å². The van der Waals surface area contributed by atoms with Gasteiger partial charge in [-0.1, -0.05) is 18.2 Å². The number of benzene rings is 3. The summed E-state index contributed by atoms with van der Waals surface area (Å²) in [6.07, 6.45) is 0. The molecule has 0 aromatic heterocycles. The predicted molar refractivity (Wildman–Crippen MR) is 127 cm³/mol. The van der Waals surface area contributed by atoms with Crippen LogP contribution < -0.4 is 15.4 Å². The van der Waals surface area contributed by atoms with Crippen LogP contribution in [0.2, 0.25) is 0 Å². The molecular weight excluding hydrogens is 426 g/mol. The van der Waals surface area contributed by atoms with Gasteiger partial charge in [-0.15, -0.1) is 0 Å². The Hall–Kier alpha value is -3.65. The van der Waals surface area contributed by atoms with Crippen LogP contribution in [-0.2, 0) is 14.8 Å². The fourth-order valence-corrected chi connectivity index (χ4v) is 4.45. The summed E-state index contributed by atoms with van der Waals surface area (Å²) in [7, 11) is -3.90. The van der Waals surface area contributed by atoms with E-state index < -0.39 is 15.9 Å². The number of hydrogen-bond acceptors (Lipinski definition) is 4. The molecule has 0 aliphatic heterocycles. The summed E-state index contributed by atoms with van der Waals surface area (Å²) in [6.45, 7) is 6.93. The molecule has 0 aliphatic carbocycles. The second kappa shape index (κ2) is 9.23. The first-order valence-corrected chi connectivity index (χ1v) is 11.4. The average Bonchev–Trinajstić information content (AvgIpc) is 2.70. The van der Waals surface area contributed by atoms with Crippen molar-refractivity contribution >= 4 is 38.9 Å². The van der Waals surface area contributed by atoms with E-state index in [1.807, 2.05) is 19.9 Å². The van der Waals surface area contributed by atoms with Crippen LogP contribution in [0, 0.1) is 20.8 Å². The fraction of sp³-hybridized carbons (Fsp3) is 0.167. The van der Waals surface area contributed by atoms with E-state index in [4.69, 9.17) is 0 Å². The highest BCUT2D eigenvalue weighted by atomic mass is 32.2. The quantitative estimate of drug-likeness (QED) is 0.508. The van der Waals surface area contributed by atoms with Crippen LogP contribution in [0.15, 0.2) is 65.6 Å². The zero-order valence-corrected chi connectivity index (χ0v) is 19.1. The molecule has 166 valence electrons. The Balaban J connectivity index is 1.85. The highest BCUT2D eigenvalue weighted by Gasteiger charge is 2.20. The summed E-state index contributed by atoms with van der Waals surface area (Å²) in [4.78, 5) is 24.0. The number of rotatable bonds is 6. The number of aryl methyl sites for hydroxylation is 3. The zero-order chi connectivity index (χ0) is 23.5. The third-order valence-corrected chi connectivity index (χ3v) is 6.46. The number of anilines is 3. The molecule has 0 unspecified atom stereocenters. The predicted octanol–water partition coefficient (Wildman–Crippen LogP) is 4.62. The van der Waals surface area contributed by atoms with Gasteiger partial charge in [0.05, 0.1) is 4.90 Å². The number of nitrogens with one attached hydrogen (secondary N) is 3. The summed E-state index contributed by atoms with van der Waals surface area (Å²) >= 11 is 0. The van der Waals surface area contributed by atoms with Gasteiger partial charge in [0.1, 0.15) is 0 Å². The van der Waals surface area contributed by atoms with Crippen molar-refractivity contribution in [3.63, 3.8) is 0 Å². The lowest BCUT2D eigenvalue weighted by atomic mass is 10.1. The summed E-state index contributed by atoms with van der Waals surface area (Å²) in [5, 5.41) is 5.38. The first-order chi connectivity index (χ1) is 15.0. The van der Waals surface area contributed by atoms with Crippen molar-refractivity contribution in [3.05, 3.63) is 82.9 Å². The lowest BCUT2D eigenvalue weighted by Gasteiger charge is -2.13. The molecule has 3 rings (SSSR count). The standard InChI is InChI=1S/C24H25N3O4S/c1-15-9-11-22(12-17(15)3)27-32(30,31)23-13-19(10-8-16(23)2)24(29)26-21-7-5-6-20(14-21)25-18(4)28/h5-14,27H,1-4H3,(H,25,28)(H,26,29). The molecule has 0 radical (unpaired) electrons. The molecule has 0 heterocycles. The summed E-state index contributed by atoms with van der Waals surface area (Å²) in [6, 6.07) is 16.5. The Kier molecular flexibility index (Phi) is 6.64. The maximum absolute atomic E-state index is 13.0. The second-order valence-corrected chi connectivity index (χ2v) is 9.25. The van der Waals surface area contributed by atoms with Crippen molar-refractivity contribution < 1.29 is 18.0 Å². The largest absolute Gasteiger partial charge is 0.326 e. The minimum absolute atomic E-state index is 0.0235. The zero-order valence-electron chi connectivity index (χ0n) is 18.3. The Bertz CT molecular complexity index is 1300. The molecule has 3 N–H and O–H groups in total. The highest BCUT2D eigenvalue weighted by molar-refractivity contribution is 7.92. The Morgan fingerprint density at radius 1 is 0.719 bits per heavy atom. The summed E-state index contributed by atoms with van der Waals surface area (Å²) < 4.78 is 28.6. The molecule has 0 spiro atoms. The molecule has 0 bridgehead atoms. The molecule has 0 saturated heterocycles. The number of carbonyl (C=O) groups is 2. The molecule has 0 atom stereocenters. The van der Waals surface area contributed by atoms with E-state index in [1.165, 1.54) is 13.0 Å². The SMILES string of the molecule is CC(=O)Nc1cccc(NC(=O)c2ccc(C)c(S(=O)(=O)Nc3ccc(C)c(C)c3)c2)c1. The van der Waals surface area contributed by atoms with Gasteiger partial charge in [-0.3, -0.25) is 14.3 Å². The van der Waals surface area contributed by atoms with Crippen LogP contribution in [0.3, 0.4) is 0 Å². The van der Waals surface area contributed by atoms with Gasteiger partial charge in [0.2, 0.25) is 5.91 Å². The molecule has 7 nitrogen and oxygen atoms in total. The number of sulfonamides is 1. The van der Waals surface area contributed by atoms with Crippen molar-refractivity contribution in [3.8, 4) is 0 Å². The summed E-state index contributed by atoms with van der Waals surface area (Å²) in [5.41, 5.74) is 4.21. The normalized spacial score (nSPS) is 11.0. The molecule has 0 aliphatic rings. The maximum atomic E-state index is 13.0. The molecular formula is C24H25N3O4S. The van der Waals surface area contributed by atoms with Crippen LogP contribution in [0.5, 0.6) is 0 Å². The minimum Gasteiger partial charge on any atom is -0.326 e. The second-order valence-electron chi connectivity index (χ2n) is 7.60. The number of hydrogen-bond donors (Lipinski definition) is 3. The van der Waals surface area contributed by atoms with Gasteiger partial charge in [-0.2, -0.15) is 0 Å². The topological polar surface area (TPSA) is 104 Å². The molecule has 3 aromatic carbocycles. The molecule has 8 heteroatoms. The molecule has 0 fully saturated rings. The monoisotopic (exact) mass is 451 g/mol. The minimum atomic E-state index is -3.90. The third-order valence-electron chi connectivity index (χ3n) is 4.94. The van der Waals surface area contributed by atoms with Crippen LogP contribution in [0.1, 0.15) is 34.0 Å². The van der Waals surface area contributed by atoms with Crippen molar-refractivity contribution in [2.75, 3.05) is 15.4 Å². The number of amides is 2. The smallest absolute Gasteiger partial charge is 0.262 e. The van der Waals surface area contributed by atoms with Gasteiger partial charge < -0.3 is 10.6 Å². The van der Waals surface area contributed by atoms with Gasteiger partial charge in [-0.25, -0.2) is 8.42 Å². The van der Waals surface area contributed by atoms with Crippen molar-refractivity contribution in [2.24, 2.45) is 0 Å². The Labute approximate surface area is 187 Å². The van der Waals surface area contributed by atoms with Crippen LogP contribution in [0.4, 0.5) is 17.1 Å². The van der Waals surface area contributed by atoms with E-state index in [2.05, 4.69) is 15.4 Å². The Morgan fingerprint density at radius 3 is 2.03 bits per heavy atom. The van der Waals surface area contributed by atoms with Crippen molar-refractivity contribution in [1.29, 1.82) is 0 Å². The summed E-state index contributed by atoms with van der Waals surface area (Å²) in [5.74, 6) is -0.689. The highest BCUT2D eigenvalue weighted by Crippen LogP contribution is 2.23. The van der Waals surface area contributed by atoms with Crippen LogP contribution in [0.25, 0.3) is 0 Å². The number of carbonyl (C=O) groups excluding carboxylic acids is 2. The van der Waals surface area contributed by atoms with Gasteiger partial charge in [-0.05, 0) is 79.9 Å². The van der Waals surface area contributed by atoms with E-state index in [0.717, 1.165) is 11.1 Å². The van der Waals surface area contributed by atoms with Crippen molar-refractivity contribution in [2.45, 2.75) is 32.6 Å². The fourth-order valence-electron chi connectivity index (χ4n) is 3.13. The van der Waals surface area contributed by atoms with Gasteiger partial charge >= 0.3 is 0 Å². The lowest BCUT2D eigenvalue weighted by Crippen LogP contribution is -2.17. The first kappa shape index (κ1) is 23.0. The van der Waals surface area contributed by atoms with Gasteiger partial charge in [0.15, 0.2) is 0 Å². The van der Waals surface area contributed by atoms with Gasteiger partial charge in [0.25, 0.3) is 15.9 Å². The van der Waals surface area contributed by atoms with E-state index in [9.17, 15) is 18.0 Å². The molecule has 2 amide bonds.